The van der Waals surface area contributed by atoms with Gasteiger partial charge in [-0.15, -0.1) is 0 Å². The first-order valence-electron chi connectivity index (χ1n) is 6.53. The Balaban J connectivity index is 1.66. The molecule has 2 heterocycles. The molecule has 0 fully saturated rings. The highest BCUT2D eigenvalue weighted by molar-refractivity contribution is 6.02. The van der Waals surface area contributed by atoms with Crippen molar-refractivity contribution < 1.29 is 9.32 Å². The van der Waals surface area contributed by atoms with Crippen molar-refractivity contribution in [3.63, 3.8) is 0 Å². The number of nitrogens with one attached hydrogen (secondary N) is 1. The summed E-state index contributed by atoms with van der Waals surface area (Å²) in [6.45, 7) is 2.39. The number of hydrogen-bond acceptors (Lipinski definition) is 4. The predicted octanol–water partition coefficient (Wildman–Crippen LogP) is 2.48. The second kappa shape index (κ2) is 5.62. The van der Waals surface area contributed by atoms with Crippen LogP contribution in [0.1, 0.15) is 21.8 Å². The Morgan fingerprint density at radius 1 is 1.29 bits per heavy atom. The number of benzene rings is 1. The largest absolute Gasteiger partial charge is 0.361 e. The Morgan fingerprint density at radius 2 is 2.10 bits per heavy atom. The summed E-state index contributed by atoms with van der Waals surface area (Å²) < 4.78 is 6.63. The van der Waals surface area contributed by atoms with Crippen LogP contribution in [-0.2, 0) is 6.54 Å². The van der Waals surface area contributed by atoms with Gasteiger partial charge in [-0.25, -0.2) is 0 Å². The minimum atomic E-state index is -0.336. The molecule has 0 saturated carbocycles. The molecule has 0 aliphatic heterocycles. The molecule has 3 aromatic rings. The summed E-state index contributed by atoms with van der Waals surface area (Å²) in [6.07, 6.45) is 1.82. The van der Waals surface area contributed by atoms with E-state index in [0.29, 0.717) is 18.1 Å². The molecule has 106 valence electrons. The number of nitrogens with zero attached hydrogens (tertiary/aromatic N) is 3. The third-order valence-electron chi connectivity index (χ3n) is 2.93. The van der Waals surface area contributed by atoms with Gasteiger partial charge in [0.25, 0.3) is 5.91 Å². The molecule has 0 spiro atoms. The Kier molecular flexibility index (Phi) is 3.51. The van der Waals surface area contributed by atoms with Gasteiger partial charge in [0, 0.05) is 18.3 Å². The molecular weight excluding hydrogens is 268 g/mol. The van der Waals surface area contributed by atoms with Gasteiger partial charge < -0.3 is 9.84 Å². The van der Waals surface area contributed by atoms with Gasteiger partial charge in [0.05, 0.1) is 6.54 Å². The first-order chi connectivity index (χ1) is 10.2. The Morgan fingerprint density at radius 3 is 2.81 bits per heavy atom. The van der Waals surface area contributed by atoms with Gasteiger partial charge in [-0.2, -0.15) is 5.10 Å². The number of carbonyl (C=O) groups is 1. The highest BCUT2D eigenvalue weighted by Gasteiger charge is 2.12. The molecule has 0 radical (unpaired) electrons. The first-order valence-corrected chi connectivity index (χ1v) is 6.53. The number of aryl methyl sites for hydroxylation is 1. The van der Waals surface area contributed by atoms with Crippen molar-refractivity contribution in [2.45, 2.75) is 13.5 Å². The van der Waals surface area contributed by atoms with Crippen molar-refractivity contribution in [2.75, 3.05) is 5.32 Å². The molecule has 0 bridgehead atoms. The third kappa shape index (κ3) is 3.17. The average Bonchev–Trinajstić information content (AvgIpc) is 3.09. The molecule has 0 unspecified atom stereocenters. The van der Waals surface area contributed by atoms with Crippen LogP contribution in [-0.4, -0.2) is 20.8 Å². The van der Waals surface area contributed by atoms with E-state index in [1.165, 1.54) is 0 Å². The Bertz CT molecular complexity index is 746. The van der Waals surface area contributed by atoms with Gasteiger partial charge in [-0.1, -0.05) is 35.5 Å². The molecule has 0 saturated heterocycles. The number of carbonyl (C=O) groups excluding carboxylic acids is 1. The molecule has 1 N–H and O–H groups in total. The third-order valence-corrected chi connectivity index (χ3v) is 2.93. The van der Waals surface area contributed by atoms with Crippen LogP contribution in [0.3, 0.4) is 0 Å². The molecule has 1 aromatic carbocycles. The molecule has 2 aromatic heterocycles. The highest BCUT2D eigenvalue weighted by atomic mass is 16.5. The van der Waals surface area contributed by atoms with E-state index in [4.69, 9.17) is 4.52 Å². The Hall–Kier alpha value is -2.89. The minimum absolute atomic E-state index is 0.241. The van der Waals surface area contributed by atoms with Crippen LogP contribution in [0.2, 0.25) is 0 Å². The lowest BCUT2D eigenvalue weighted by atomic mass is 10.2. The second-order valence-corrected chi connectivity index (χ2v) is 4.66. The summed E-state index contributed by atoms with van der Waals surface area (Å²) in [4.78, 5) is 11.9. The van der Waals surface area contributed by atoms with E-state index < -0.39 is 0 Å². The van der Waals surface area contributed by atoms with Gasteiger partial charge in [0.15, 0.2) is 11.5 Å². The fourth-order valence-corrected chi connectivity index (χ4v) is 1.94. The maximum Gasteiger partial charge on any atom is 0.279 e. The van der Waals surface area contributed by atoms with Crippen molar-refractivity contribution >= 4 is 11.7 Å². The molecule has 6 heteroatoms. The normalized spacial score (nSPS) is 10.5. The second-order valence-electron chi connectivity index (χ2n) is 4.66. The maximum absolute atomic E-state index is 11.9. The zero-order valence-corrected chi connectivity index (χ0v) is 11.5. The lowest BCUT2D eigenvalue weighted by molar-refractivity contribution is 0.101. The summed E-state index contributed by atoms with van der Waals surface area (Å²) in [5.41, 5.74) is 1.38. The van der Waals surface area contributed by atoms with E-state index in [-0.39, 0.29) is 11.6 Å². The van der Waals surface area contributed by atoms with Crippen LogP contribution in [0.4, 0.5) is 5.82 Å². The SMILES string of the molecule is Cc1cc(C(=O)Nc2ccn(Cc3ccccc3)n2)no1. The fourth-order valence-electron chi connectivity index (χ4n) is 1.94. The molecule has 3 rings (SSSR count). The summed E-state index contributed by atoms with van der Waals surface area (Å²) >= 11 is 0. The van der Waals surface area contributed by atoms with Crippen LogP contribution in [0.25, 0.3) is 0 Å². The molecule has 6 nitrogen and oxygen atoms in total. The summed E-state index contributed by atoms with van der Waals surface area (Å²) in [5, 5.41) is 10.7. The topological polar surface area (TPSA) is 73.0 Å². The van der Waals surface area contributed by atoms with Gasteiger partial charge in [-0.3, -0.25) is 9.48 Å². The lowest BCUT2D eigenvalue weighted by Crippen LogP contribution is -2.13. The molecular formula is C15H14N4O2. The Labute approximate surface area is 121 Å². The monoisotopic (exact) mass is 282 g/mol. The van der Waals surface area contributed by atoms with Gasteiger partial charge in [0.1, 0.15) is 5.76 Å². The van der Waals surface area contributed by atoms with E-state index in [2.05, 4.69) is 15.6 Å². The summed E-state index contributed by atoms with van der Waals surface area (Å²) in [6, 6.07) is 13.3. The maximum atomic E-state index is 11.9. The summed E-state index contributed by atoms with van der Waals surface area (Å²) in [5.74, 6) is 0.739. The number of anilines is 1. The smallest absolute Gasteiger partial charge is 0.279 e. The van der Waals surface area contributed by atoms with Crippen molar-refractivity contribution in [1.29, 1.82) is 0 Å². The molecule has 0 aliphatic rings. The van der Waals surface area contributed by atoms with Crippen LogP contribution in [0.5, 0.6) is 0 Å². The van der Waals surface area contributed by atoms with E-state index in [0.717, 1.165) is 5.56 Å². The lowest BCUT2D eigenvalue weighted by Gasteiger charge is -2.01. The quantitative estimate of drug-likeness (QED) is 0.798. The van der Waals surface area contributed by atoms with Gasteiger partial charge in [0.2, 0.25) is 0 Å². The number of hydrogen-bond donors (Lipinski definition) is 1. The van der Waals surface area contributed by atoms with Crippen molar-refractivity contribution in [3.05, 3.63) is 65.7 Å². The highest BCUT2D eigenvalue weighted by Crippen LogP contribution is 2.09. The zero-order valence-electron chi connectivity index (χ0n) is 11.5. The molecule has 21 heavy (non-hydrogen) atoms. The van der Waals surface area contributed by atoms with Crippen LogP contribution >= 0.6 is 0 Å². The van der Waals surface area contributed by atoms with E-state index in [9.17, 15) is 4.79 Å². The summed E-state index contributed by atoms with van der Waals surface area (Å²) in [7, 11) is 0. The van der Waals surface area contributed by atoms with Crippen molar-refractivity contribution in [1.82, 2.24) is 14.9 Å². The standard InChI is InChI=1S/C15H14N4O2/c1-11-9-13(18-21-11)15(20)16-14-7-8-19(17-14)10-12-5-3-2-4-6-12/h2-9H,10H2,1H3,(H,16,17,20). The average molecular weight is 282 g/mol. The van der Waals surface area contributed by atoms with E-state index >= 15 is 0 Å². The molecule has 0 aliphatic carbocycles. The number of rotatable bonds is 4. The van der Waals surface area contributed by atoms with Crippen molar-refractivity contribution in [3.8, 4) is 0 Å². The number of aromatic nitrogens is 3. The first kappa shape index (κ1) is 13.1. The van der Waals surface area contributed by atoms with Gasteiger partial charge >= 0.3 is 0 Å². The predicted molar refractivity (Wildman–Crippen MR) is 77.0 cm³/mol. The zero-order chi connectivity index (χ0) is 14.7. The van der Waals surface area contributed by atoms with E-state index in [1.54, 1.807) is 23.7 Å². The van der Waals surface area contributed by atoms with Crippen molar-refractivity contribution in [2.24, 2.45) is 0 Å². The molecule has 1 amide bonds. The number of amides is 1. The van der Waals surface area contributed by atoms with Gasteiger partial charge in [-0.05, 0) is 12.5 Å². The molecule has 0 atom stereocenters. The fraction of sp³-hybridized carbons (Fsp3) is 0.133. The minimum Gasteiger partial charge on any atom is -0.361 e. The van der Waals surface area contributed by atoms with Crippen LogP contribution in [0, 0.1) is 6.92 Å². The van der Waals surface area contributed by atoms with E-state index in [1.807, 2.05) is 36.5 Å². The van der Waals surface area contributed by atoms with Crippen LogP contribution in [0.15, 0.2) is 53.2 Å². The van der Waals surface area contributed by atoms with Crippen LogP contribution < -0.4 is 5.32 Å².